The van der Waals surface area contributed by atoms with Crippen LogP contribution in [0.3, 0.4) is 0 Å². The molecule has 2 aliphatic heterocycles. The van der Waals surface area contributed by atoms with Crippen LogP contribution in [0.15, 0.2) is 4.99 Å². The van der Waals surface area contributed by atoms with E-state index in [9.17, 15) is 0 Å². The lowest BCUT2D eigenvalue weighted by Crippen LogP contribution is -2.53. The van der Waals surface area contributed by atoms with Crippen LogP contribution >= 0.6 is 0 Å². The van der Waals surface area contributed by atoms with E-state index in [0.717, 1.165) is 58.1 Å². The fourth-order valence-electron chi connectivity index (χ4n) is 3.20. The Bertz CT molecular complexity index is 412. The number of likely N-dealkylation sites (N-methyl/N-ethyl adjacent to an activating group) is 1. The molecule has 25 heavy (non-hydrogen) atoms. The van der Waals surface area contributed by atoms with Crippen molar-refractivity contribution in [1.82, 2.24) is 15.1 Å². The molecule has 2 rings (SSSR count). The van der Waals surface area contributed by atoms with E-state index in [4.69, 9.17) is 9.47 Å². The van der Waals surface area contributed by atoms with Gasteiger partial charge in [-0.15, -0.1) is 0 Å². The molecule has 6 heteroatoms. The van der Waals surface area contributed by atoms with Crippen LogP contribution in [-0.2, 0) is 9.47 Å². The molecule has 6 nitrogen and oxygen atoms in total. The molecule has 0 aromatic heterocycles. The van der Waals surface area contributed by atoms with Crippen LogP contribution in [0, 0.1) is 0 Å². The van der Waals surface area contributed by atoms with Gasteiger partial charge in [0.2, 0.25) is 0 Å². The molecule has 1 atom stereocenters. The number of rotatable bonds is 6. The van der Waals surface area contributed by atoms with Crippen molar-refractivity contribution in [1.29, 1.82) is 0 Å². The molecular weight excluding hydrogens is 316 g/mol. The summed E-state index contributed by atoms with van der Waals surface area (Å²) >= 11 is 0. The van der Waals surface area contributed by atoms with Crippen LogP contribution in [0.2, 0.25) is 0 Å². The molecule has 0 amide bonds. The molecule has 0 radical (unpaired) electrons. The number of nitrogens with zero attached hydrogens (tertiary/aromatic N) is 3. The van der Waals surface area contributed by atoms with Gasteiger partial charge < -0.3 is 24.6 Å². The summed E-state index contributed by atoms with van der Waals surface area (Å²) in [5.74, 6) is 1.00. The van der Waals surface area contributed by atoms with Gasteiger partial charge in [0.25, 0.3) is 0 Å². The predicted octanol–water partition coefficient (Wildman–Crippen LogP) is 1.95. The van der Waals surface area contributed by atoms with Crippen LogP contribution < -0.4 is 5.32 Å². The van der Waals surface area contributed by atoms with Gasteiger partial charge in [-0.1, -0.05) is 0 Å². The number of ether oxygens (including phenoxy) is 2. The van der Waals surface area contributed by atoms with Crippen molar-refractivity contribution in [3.8, 4) is 0 Å². The Hall–Kier alpha value is -0.850. The molecule has 2 saturated heterocycles. The van der Waals surface area contributed by atoms with Crippen molar-refractivity contribution in [2.24, 2.45) is 4.99 Å². The Morgan fingerprint density at radius 1 is 1.24 bits per heavy atom. The third-order valence-electron chi connectivity index (χ3n) is 5.63. The molecule has 2 heterocycles. The van der Waals surface area contributed by atoms with Crippen molar-refractivity contribution < 1.29 is 9.47 Å². The second-order valence-electron chi connectivity index (χ2n) is 8.12. The number of likely N-dealkylation sites (tertiary alicyclic amines) is 1. The second-order valence-corrected chi connectivity index (χ2v) is 8.12. The van der Waals surface area contributed by atoms with Crippen molar-refractivity contribution in [2.75, 3.05) is 54.0 Å². The average molecular weight is 355 g/mol. The summed E-state index contributed by atoms with van der Waals surface area (Å²) in [6.07, 6.45) is 6.42. The number of guanidine groups is 1. The van der Waals surface area contributed by atoms with Crippen LogP contribution in [0.5, 0.6) is 0 Å². The summed E-state index contributed by atoms with van der Waals surface area (Å²) in [7, 11) is 6.10. The topological polar surface area (TPSA) is 49.3 Å². The van der Waals surface area contributed by atoms with Crippen molar-refractivity contribution in [2.45, 2.75) is 63.7 Å². The van der Waals surface area contributed by atoms with Gasteiger partial charge >= 0.3 is 0 Å². The molecule has 0 bridgehead atoms. The predicted molar refractivity (Wildman–Crippen MR) is 103 cm³/mol. The number of nitrogens with one attached hydrogen (secondary N) is 1. The smallest absolute Gasteiger partial charge is 0.193 e. The summed E-state index contributed by atoms with van der Waals surface area (Å²) in [4.78, 5) is 9.06. The lowest BCUT2D eigenvalue weighted by molar-refractivity contribution is -0.0721. The van der Waals surface area contributed by atoms with Crippen molar-refractivity contribution in [3.05, 3.63) is 0 Å². The highest BCUT2D eigenvalue weighted by Crippen LogP contribution is 2.18. The minimum Gasteiger partial charge on any atom is -0.376 e. The van der Waals surface area contributed by atoms with E-state index >= 15 is 0 Å². The summed E-state index contributed by atoms with van der Waals surface area (Å²) in [6, 6.07) is 0. The number of piperidine rings is 1. The monoisotopic (exact) mass is 354 g/mol. The Morgan fingerprint density at radius 3 is 2.52 bits per heavy atom. The van der Waals surface area contributed by atoms with Gasteiger partial charge in [-0.25, -0.2) is 0 Å². The zero-order chi connectivity index (χ0) is 18.3. The maximum absolute atomic E-state index is 6.11. The van der Waals surface area contributed by atoms with E-state index in [1.54, 1.807) is 0 Å². The van der Waals surface area contributed by atoms with E-state index in [0.29, 0.717) is 12.2 Å². The Morgan fingerprint density at radius 2 is 1.96 bits per heavy atom. The zero-order valence-electron chi connectivity index (χ0n) is 16.9. The first-order valence-corrected chi connectivity index (χ1v) is 9.78. The first kappa shape index (κ1) is 20.5. The van der Waals surface area contributed by atoms with Gasteiger partial charge in [-0.3, -0.25) is 4.99 Å². The standard InChI is InChI=1S/C19H38N4O2/c1-19(2,22(4)5)15-21-18(20-3)23-11-9-16(10-12-23)25-14-17-8-6-7-13-24-17/h16-17H,6-15H2,1-5H3,(H,20,21). The minimum absolute atomic E-state index is 0.0946. The van der Waals surface area contributed by atoms with Crippen molar-refractivity contribution >= 4 is 5.96 Å². The molecule has 0 saturated carbocycles. The van der Waals surface area contributed by atoms with E-state index in [2.05, 4.69) is 48.1 Å². The molecule has 1 N–H and O–H groups in total. The van der Waals surface area contributed by atoms with Gasteiger partial charge in [0, 0.05) is 38.8 Å². The highest BCUT2D eigenvalue weighted by atomic mass is 16.5. The van der Waals surface area contributed by atoms with E-state index in [1.807, 2.05) is 7.05 Å². The molecule has 0 spiro atoms. The van der Waals surface area contributed by atoms with Crippen molar-refractivity contribution in [3.63, 3.8) is 0 Å². The second kappa shape index (κ2) is 9.74. The molecule has 0 aromatic carbocycles. The minimum atomic E-state index is 0.0946. The van der Waals surface area contributed by atoms with E-state index in [-0.39, 0.29) is 5.54 Å². The lowest BCUT2D eigenvalue weighted by Gasteiger charge is -2.37. The molecule has 2 aliphatic rings. The number of hydrogen-bond acceptors (Lipinski definition) is 4. The molecular formula is C19H38N4O2. The maximum Gasteiger partial charge on any atom is 0.193 e. The van der Waals surface area contributed by atoms with Gasteiger partial charge in [-0.05, 0) is 60.0 Å². The van der Waals surface area contributed by atoms with Crippen LogP contribution in [0.25, 0.3) is 0 Å². The van der Waals surface area contributed by atoms with E-state index in [1.165, 1.54) is 12.8 Å². The van der Waals surface area contributed by atoms with Gasteiger partial charge in [0.1, 0.15) is 0 Å². The molecule has 0 aliphatic carbocycles. The highest BCUT2D eigenvalue weighted by molar-refractivity contribution is 5.80. The fraction of sp³-hybridized carbons (Fsp3) is 0.947. The Labute approximate surface area is 153 Å². The van der Waals surface area contributed by atoms with Crippen LogP contribution in [-0.4, -0.2) is 87.5 Å². The third-order valence-corrected chi connectivity index (χ3v) is 5.63. The average Bonchev–Trinajstić information content (AvgIpc) is 2.62. The Balaban J connectivity index is 1.70. The van der Waals surface area contributed by atoms with Gasteiger partial charge in [-0.2, -0.15) is 0 Å². The normalized spacial score (nSPS) is 24.0. The van der Waals surface area contributed by atoms with Gasteiger partial charge in [0.05, 0.1) is 18.8 Å². The van der Waals surface area contributed by atoms with E-state index < -0.39 is 0 Å². The molecule has 1 unspecified atom stereocenters. The number of aliphatic imine (C=N–C) groups is 1. The third kappa shape index (κ3) is 6.42. The van der Waals surface area contributed by atoms with Crippen LogP contribution in [0.4, 0.5) is 0 Å². The molecule has 0 aromatic rings. The molecule has 146 valence electrons. The summed E-state index contributed by atoms with van der Waals surface area (Å²) in [5, 5.41) is 3.53. The first-order chi connectivity index (χ1) is 11.9. The SMILES string of the molecule is CN=C(NCC(C)(C)N(C)C)N1CCC(OCC2CCCCO2)CC1. The Kier molecular flexibility index (Phi) is 7.97. The number of hydrogen-bond donors (Lipinski definition) is 1. The zero-order valence-corrected chi connectivity index (χ0v) is 16.9. The fourth-order valence-corrected chi connectivity index (χ4v) is 3.20. The van der Waals surface area contributed by atoms with Gasteiger partial charge in [0.15, 0.2) is 5.96 Å². The molecule has 2 fully saturated rings. The highest BCUT2D eigenvalue weighted by Gasteiger charge is 2.26. The van der Waals surface area contributed by atoms with Crippen LogP contribution in [0.1, 0.15) is 46.0 Å². The summed E-state index contributed by atoms with van der Waals surface area (Å²) < 4.78 is 11.9. The quantitative estimate of drug-likeness (QED) is 0.584. The first-order valence-electron chi connectivity index (χ1n) is 9.78. The summed E-state index contributed by atoms with van der Waals surface area (Å²) in [6.45, 7) is 9.01. The summed E-state index contributed by atoms with van der Waals surface area (Å²) in [5.41, 5.74) is 0.0946. The lowest BCUT2D eigenvalue weighted by atomic mass is 10.0. The maximum atomic E-state index is 6.11. The largest absolute Gasteiger partial charge is 0.376 e.